The van der Waals surface area contributed by atoms with Crippen LogP contribution in [-0.4, -0.2) is 9.13 Å². The van der Waals surface area contributed by atoms with E-state index in [9.17, 15) is 0 Å². The average molecular weight is 665 g/mol. The molecule has 0 N–H and O–H groups in total. The van der Waals surface area contributed by atoms with Gasteiger partial charge in [0.15, 0.2) is 0 Å². The number of nitrogens with zero attached hydrogens (tertiary/aromatic N) is 2. The summed E-state index contributed by atoms with van der Waals surface area (Å²) in [5.41, 5.74) is 9.69. The number of fused-ring (bicyclic) bond motifs is 9. The molecule has 0 aliphatic rings. The van der Waals surface area contributed by atoms with Crippen molar-refractivity contribution in [1.29, 1.82) is 0 Å². The maximum Gasteiger partial charge on any atom is 0.0541 e. The van der Waals surface area contributed by atoms with Crippen molar-refractivity contribution in [2.75, 3.05) is 0 Å². The molecule has 0 radical (unpaired) electrons. The van der Waals surface area contributed by atoms with Crippen molar-refractivity contribution in [3.8, 4) is 22.5 Å². The molecule has 2 nitrogen and oxygen atoms in total. The van der Waals surface area contributed by atoms with Gasteiger partial charge >= 0.3 is 0 Å². The van der Waals surface area contributed by atoms with Crippen molar-refractivity contribution >= 4 is 96.7 Å². The quantitative estimate of drug-likeness (QED) is 0.166. The van der Waals surface area contributed by atoms with E-state index in [-0.39, 0.29) is 0 Å². The molecule has 12 rings (SSSR count). The second-order valence-corrected chi connectivity index (χ2v) is 14.8. The van der Waals surface area contributed by atoms with Crippen LogP contribution in [0.1, 0.15) is 0 Å². The third-order valence-corrected chi connectivity index (χ3v) is 12.2. The molecule has 3 aromatic heterocycles. The van der Waals surface area contributed by atoms with Crippen LogP contribution in [-0.2, 0) is 0 Å². The number of hydrogen-bond donors (Lipinski definition) is 0. The van der Waals surface area contributed by atoms with Crippen LogP contribution in [0, 0.1) is 0 Å². The summed E-state index contributed by atoms with van der Waals surface area (Å²) in [6.45, 7) is 0. The van der Waals surface area contributed by atoms with Crippen LogP contribution in [0.5, 0.6) is 0 Å². The smallest absolute Gasteiger partial charge is 0.0541 e. The SMILES string of the molecule is c1ccc(-n2c3ccccc3c3cc(-c4ccc5c(c4)c4ccccc4n5-c4ccc5c(c4)c4cccc6sc7cccc5c7c64)ccc32)cc1. The van der Waals surface area contributed by atoms with Gasteiger partial charge in [-0.25, -0.2) is 0 Å². The zero-order chi connectivity index (χ0) is 33.2. The Balaban J connectivity index is 1.07. The molecule has 0 bridgehead atoms. The molecule has 51 heavy (non-hydrogen) atoms. The van der Waals surface area contributed by atoms with Crippen molar-refractivity contribution in [1.82, 2.24) is 9.13 Å². The topological polar surface area (TPSA) is 9.86 Å². The lowest BCUT2D eigenvalue weighted by atomic mass is 9.94. The summed E-state index contributed by atoms with van der Waals surface area (Å²) in [4.78, 5) is 0. The first-order valence-corrected chi connectivity index (χ1v) is 18.3. The van der Waals surface area contributed by atoms with Gasteiger partial charge in [0.1, 0.15) is 0 Å². The van der Waals surface area contributed by atoms with E-state index >= 15 is 0 Å². The Morgan fingerprint density at radius 3 is 1.43 bits per heavy atom. The summed E-state index contributed by atoms with van der Waals surface area (Å²) in [6, 6.07) is 62.9. The molecule has 3 heteroatoms. The Bertz CT molecular complexity index is 3360. The molecule has 0 spiro atoms. The monoisotopic (exact) mass is 664 g/mol. The van der Waals surface area contributed by atoms with Gasteiger partial charge < -0.3 is 9.13 Å². The van der Waals surface area contributed by atoms with Crippen LogP contribution >= 0.6 is 11.3 Å². The third kappa shape index (κ3) is 3.71. The maximum atomic E-state index is 2.45. The first-order valence-electron chi connectivity index (χ1n) is 17.5. The molecule has 0 aliphatic carbocycles. The van der Waals surface area contributed by atoms with Gasteiger partial charge in [-0.05, 0) is 105 Å². The molecule has 0 fully saturated rings. The normalized spacial score (nSPS) is 12.3. The first-order chi connectivity index (χ1) is 25.3. The zero-order valence-corrected chi connectivity index (χ0v) is 28.3. The number of para-hydroxylation sites is 3. The highest BCUT2D eigenvalue weighted by atomic mass is 32.1. The van der Waals surface area contributed by atoms with Crippen molar-refractivity contribution in [3.05, 3.63) is 170 Å². The van der Waals surface area contributed by atoms with E-state index in [4.69, 9.17) is 0 Å². The molecule has 12 aromatic rings. The van der Waals surface area contributed by atoms with Gasteiger partial charge in [-0.15, -0.1) is 11.3 Å². The summed E-state index contributed by atoms with van der Waals surface area (Å²) in [6.07, 6.45) is 0. The molecule has 0 aliphatic heterocycles. The van der Waals surface area contributed by atoms with Crippen LogP contribution in [0.2, 0.25) is 0 Å². The number of benzene rings is 9. The van der Waals surface area contributed by atoms with E-state index in [2.05, 4.69) is 179 Å². The van der Waals surface area contributed by atoms with E-state index in [0.29, 0.717) is 0 Å². The summed E-state index contributed by atoms with van der Waals surface area (Å²) < 4.78 is 7.56. The van der Waals surface area contributed by atoms with E-state index in [1.54, 1.807) is 0 Å². The van der Waals surface area contributed by atoms with Crippen molar-refractivity contribution in [2.24, 2.45) is 0 Å². The summed E-state index contributed by atoms with van der Waals surface area (Å²) in [5.74, 6) is 0. The Morgan fingerprint density at radius 2 is 0.804 bits per heavy atom. The highest BCUT2D eigenvalue weighted by molar-refractivity contribution is 7.26. The summed E-state index contributed by atoms with van der Waals surface area (Å²) in [5, 5.41) is 13.2. The van der Waals surface area contributed by atoms with Crippen LogP contribution in [0.4, 0.5) is 0 Å². The second-order valence-electron chi connectivity index (χ2n) is 13.7. The van der Waals surface area contributed by atoms with Crippen molar-refractivity contribution in [2.45, 2.75) is 0 Å². The van der Waals surface area contributed by atoms with Gasteiger partial charge in [0, 0.05) is 53.1 Å². The number of hydrogen-bond acceptors (Lipinski definition) is 1. The minimum Gasteiger partial charge on any atom is -0.309 e. The molecular formula is C48H28N2S. The minimum atomic E-state index is 1.18. The van der Waals surface area contributed by atoms with Crippen LogP contribution in [0.3, 0.4) is 0 Å². The molecule has 3 heterocycles. The lowest BCUT2D eigenvalue weighted by Crippen LogP contribution is -1.94. The molecule has 0 saturated heterocycles. The molecule has 0 atom stereocenters. The fraction of sp³-hybridized carbons (Fsp3) is 0. The Morgan fingerprint density at radius 1 is 0.294 bits per heavy atom. The molecule has 0 unspecified atom stereocenters. The van der Waals surface area contributed by atoms with E-state index in [1.165, 1.54) is 108 Å². The van der Waals surface area contributed by atoms with E-state index < -0.39 is 0 Å². The third-order valence-electron chi connectivity index (χ3n) is 11.1. The standard InChI is InChI=1S/C48H28N2S/c1-2-10-31(11-3-1)49-41-16-6-4-12-34(41)39-26-29(20-24-43(39)49)30-21-25-44-40(27-30)35-13-5-7-17-42(35)50(44)32-22-23-33-36-14-8-18-45-47(36)48-37(38(33)28-32)15-9-19-46(48)51-45/h1-28H. The van der Waals surface area contributed by atoms with Gasteiger partial charge in [-0.3, -0.25) is 0 Å². The zero-order valence-electron chi connectivity index (χ0n) is 27.5. The van der Waals surface area contributed by atoms with Crippen LogP contribution in [0.25, 0.3) is 108 Å². The van der Waals surface area contributed by atoms with Gasteiger partial charge in [-0.2, -0.15) is 0 Å². The number of thiophene rings is 1. The maximum absolute atomic E-state index is 2.45. The van der Waals surface area contributed by atoms with Gasteiger partial charge in [0.2, 0.25) is 0 Å². The van der Waals surface area contributed by atoms with Gasteiger partial charge in [-0.1, -0.05) is 97.1 Å². The minimum absolute atomic E-state index is 1.18. The molecule has 9 aromatic carbocycles. The Kier molecular flexibility index (Phi) is 5.41. The Hall–Kier alpha value is -6.42. The van der Waals surface area contributed by atoms with Crippen molar-refractivity contribution in [3.63, 3.8) is 0 Å². The van der Waals surface area contributed by atoms with Gasteiger partial charge in [0.25, 0.3) is 0 Å². The Labute approximate surface area is 297 Å². The fourth-order valence-corrected chi connectivity index (χ4v) is 10.0. The summed E-state index contributed by atoms with van der Waals surface area (Å²) in [7, 11) is 0. The largest absolute Gasteiger partial charge is 0.309 e. The molecular weight excluding hydrogens is 637 g/mol. The molecule has 0 amide bonds. The van der Waals surface area contributed by atoms with Crippen LogP contribution < -0.4 is 0 Å². The average Bonchev–Trinajstić information content (AvgIpc) is 3.85. The molecule has 0 saturated carbocycles. The van der Waals surface area contributed by atoms with Gasteiger partial charge in [0.05, 0.1) is 22.1 Å². The lowest BCUT2D eigenvalue weighted by molar-refractivity contribution is 1.18. The van der Waals surface area contributed by atoms with Crippen LogP contribution in [0.15, 0.2) is 170 Å². The first kappa shape index (κ1) is 27.4. The van der Waals surface area contributed by atoms with Crippen molar-refractivity contribution < 1.29 is 0 Å². The number of aromatic nitrogens is 2. The predicted molar refractivity (Wildman–Crippen MR) is 220 cm³/mol. The van der Waals surface area contributed by atoms with E-state index in [1.807, 2.05) is 11.3 Å². The highest BCUT2D eigenvalue weighted by Gasteiger charge is 2.19. The highest BCUT2D eigenvalue weighted by Crippen LogP contribution is 2.46. The predicted octanol–water partition coefficient (Wildman–Crippen LogP) is 13.7. The number of rotatable bonds is 3. The summed E-state index contributed by atoms with van der Waals surface area (Å²) >= 11 is 1.90. The second kappa shape index (κ2) is 10.1. The fourth-order valence-electron chi connectivity index (χ4n) is 8.88. The van der Waals surface area contributed by atoms with E-state index in [0.717, 1.165) is 0 Å². The molecule has 236 valence electrons. The lowest BCUT2D eigenvalue weighted by Gasteiger charge is -2.13.